The molecule has 0 aliphatic rings. The molecule has 1 aromatic carbocycles. The first-order valence-corrected chi connectivity index (χ1v) is 4.97. The van der Waals surface area contributed by atoms with Gasteiger partial charge in [-0.3, -0.25) is 0 Å². The Kier molecular flexibility index (Phi) is 2.59. The molecule has 0 radical (unpaired) electrons. The molecule has 2 aromatic rings. The van der Waals surface area contributed by atoms with Crippen molar-refractivity contribution in [3.05, 3.63) is 23.2 Å². The van der Waals surface area contributed by atoms with Crippen molar-refractivity contribution < 1.29 is 4.42 Å². The van der Waals surface area contributed by atoms with E-state index in [0.29, 0.717) is 11.0 Å². The van der Waals surface area contributed by atoms with Crippen molar-refractivity contribution in [2.45, 2.75) is 13.3 Å². The maximum atomic E-state index is 5.83. The van der Waals surface area contributed by atoms with Crippen molar-refractivity contribution in [3.8, 4) is 0 Å². The molecule has 0 aliphatic heterocycles. The zero-order valence-corrected chi connectivity index (χ0v) is 8.64. The van der Waals surface area contributed by atoms with Gasteiger partial charge in [0.05, 0.1) is 0 Å². The number of fused-ring (bicyclic) bond motifs is 1. The lowest BCUT2D eigenvalue weighted by Gasteiger charge is -1.94. The van der Waals surface area contributed by atoms with E-state index in [-0.39, 0.29) is 0 Å². The van der Waals surface area contributed by atoms with Crippen LogP contribution in [0.1, 0.15) is 13.3 Å². The number of nitrogens with one attached hydrogen (secondary N) is 1. The fraction of sp³-hybridized carbons (Fsp3) is 0.300. The van der Waals surface area contributed by atoms with Gasteiger partial charge in [0, 0.05) is 11.6 Å². The number of hydrogen-bond donors (Lipinski definition) is 1. The molecule has 3 nitrogen and oxygen atoms in total. The summed E-state index contributed by atoms with van der Waals surface area (Å²) in [6.45, 7) is 2.95. The summed E-state index contributed by atoms with van der Waals surface area (Å²) in [4.78, 5) is 4.25. The molecule has 1 aromatic heterocycles. The minimum atomic E-state index is 0.559. The lowest BCUT2D eigenvalue weighted by Crippen LogP contribution is -1.98. The Morgan fingerprint density at radius 3 is 3.14 bits per heavy atom. The average Bonchev–Trinajstić information content (AvgIpc) is 2.56. The van der Waals surface area contributed by atoms with E-state index in [1.54, 1.807) is 12.1 Å². The second kappa shape index (κ2) is 3.88. The van der Waals surface area contributed by atoms with Crippen LogP contribution in [0, 0.1) is 0 Å². The molecule has 0 atom stereocenters. The van der Waals surface area contributed by atoms with Gasteiger partial charge in [-0.1, -0.05) is 18.5 Å². The van der Waals surface area contributed by atoms with Gasteiger partial charge in [-0.25, -0.2) is 0 Å². The van der Waals surface area contributed by atoms with Crippen LogP contribution >= 0.6 is 11.6 Å². The van der Waals surface area contributed by atoms with Crippen LogP contribution < -0.4 is 5.32 Å². The molecule has 0 saturated carbocycles. The van der Waals surface area contributed by atoms with Gasteiger partial charge in [0.25, 0.3) is 6.01 Å². The Bertz CT molecular complexity index is 439. The van der Waals surface area contributed by atoms with E-state index in [0.717, 1.165) is 24.1 Å². The summed E-state index contributed by atoms with van der Waals surface area (Å²) in [6, 6.07) is 5.96. The number of benzene rings is 1. The first kappa shape index (κ1) is 9.34. The summed E-state index contributed by atoms with van der Waals surface area (Å²) >= 11 is 5.83. The third-order valence-corrected chi connectivity index (χ3v) is 2.11. The summed E-state index contributed by atoms with van der Waals surface area (Å²) < 4.78 is 5.44. The first-order valence-electron chi connectivity index (χ1n) is 4.59. The summed E-state index contributed by atoms with van der Waals surface area (Å²) in [6.07, 6.45) is 1.04. The summed E-state index contributed by atoms with van der Waals surface area (Å²) in [5.74, 6) is 0. The molecule has 2 rings (SSSR count). The maximum Gasteiger partial charge on any atom is 0.295 e. The van der Waals surface area contributed by atoms with E-state index >= 15 is 0 Å². The zero-order valence-electron chi connectivity index (χ0n) is 7.88. The standard InChI is InChI=1S/C10H11ClN2O/c1-2-5-12-10-13-8-6-7(11)3-4-9(8)14-10/h3-4,6H,2,5H2,1H3,(H,12,13). The molecular weight excluding hydrogens is 200 g/mol. The molecule has 0 saturated heterocycles. The van der Waals surface area contributed by atoms with Gasteiger partial charge in [0.2, 0.25) is 0 Å². The normalized spacial score (nSPS) is 10.7. The number of anilines is 1. The third-order valence-electron chi connectivity index (χ3n) is 1.88. The number of halogens is 1. The molecule has 0 fully saturated rings. The topological polar surface area (TPSA) is 38.1 Å². The van der Waals surface area contributed by atoms with Crippen LogP contribution in [0.4, 0.5) is 6.01 Å². The molecule has 0 bridgehead atoms. The minimum absolute atomic E-state index is 0.559. The van der Waals surface area contributed by atoms with E-state index in [4.69, 9.17) is 16.0 Å². The largest absolute Gasteiger partial charge is 0.424 e. The predicted octanol–water partition coefficient (Wildman–Crippen LogP) is 3.30. The van der Waals surface area contributed by atoms with Crippen molar-refractivity contribution in [1.29, 1.82) is 0 Å². The van der Waals surface area contributed by atoms with Crippen molar-refractivity contribution in [2.75, 3.05) is 11.9 Å². The summed E-state index contributed by atoms with van der Waals surface area (Å²) in [5, 5.41) is 3.76. The second-order valence-electron chi connectivity index (χ2n) is 3.06. The van der Waals surface area contributed by atoms with Crippen LogP contribution in [-0.2, 0) is 0 Å². The molecule has 0 spiro atoms. The highest BCUT2D eigenvalue weighted by molar-refractivity contribution is 6.31. The van der Waals surface area contributed by atoms with Gasteiger partial charge in [0.1, 0.15) is 5.52 Å². The van der Waals surface area contributed by atoms with Crippen molar-refractivity contribution >= 4 is 28.7 Å². The highest BCUT2D eigenvalue weighted by Gasteiger charge is 2.04. The van der Waals surface area contributed by atoms with Gasteiger partial charge in [0.15, 0.2) is 5.58 Å². The van der Waals surface area contributed by atoms with Crippen LogP contribution in [-0.4, -0.2) is 11.5 Å². The molecule has 1 N–H and O–H groups in total. The Morgan fingerprint density at radius 2 is 2.36 bits per heavy atom. The quantitative estimate of drug-likeness (QED) is 0.845. The predicted molar refractivity (Wildman–Crippen MR) is 57.8 cm³/mol. The first-order chi connectivity index (χ1) is 6.79. The van der Waals surface area contributed by atoms with Gasteiger partial charge in [-0.05, 0) is 24.6 Å². The molecule has 4 heteroatoms. The zero-order chi connectivity index (χ0) is 9.97. The highest BCUT2D eigenvalue weighted by atomic mass is 35.5. The summed E-state index contributed by atoms with van der Waals surface area (Å²) in [7, 11) is 0. The number of hydrogen-bond acceptors (Lipinski definition) is 3. The van der Waals surface area contributed by atoms with Crippen LogP contribution in [0.5, 0.6) is 0 Å². The molecule has 0 unspecified atom stereocenters. The molecule has 1 heterocycles. The molecule has 74 valence electrons. The van der Waals surface area contributed by atoms with E-state index in [9.17, 15) is 0 Å². The number of aromatic nitrogens is 1. The van der Waals surface area contributed by atoms with E-state index < -0.39 is 0 Å². The van der Waals surface area contributed by atoms with Crippen LogP contribution in [0.15, 0.2) is 22.6 Å². The number of oxazole rings is 1. The van der Waals surface area contributed by atoms with Crippen molar-refractivity contribution in [1.82, 2.24) is 4.98 Å². The third kappa shape index (κ3) is 1.82. The fourth-order valence-electron chi connectivity index (χ4n) is 1.21. The highest BCUT2D eigenvalue weighted by Crippen LogP contribution is 2.21. The van der Waals surface area contributed by atoms with Crippen LogP contribution in [0.25, 0.3) is 11.1 Å². The second-order valence-corrected chi connectivity index (χ2v) is 3.49. The van der Waals surface area contributed by atoms with Crippen molar-refractivity contribution in [3.63, 3.8) is 0 Å². The lowest BCUT2D eigenvalue weighted by atomic mass is 10.3. The maximum absolute atomic E-state index is 5.83. The molecule has 0 aliphatic carbocycles. The Labute approximate surface area is 87.1 Å². The Morgan fingerprint density at radius 1 is 1.50 bits per heavy atom. The number of rotatable bonds is 3. The van der Waals surface area contributed by atoms with Gasteiger partial charge in [-0.15, -0.1) is 0 Å². The Hall–Kier alpha value is -1.22. The summed E-state index contributed by atoms with van der Waals surface area (Å²) in [5.41, 5.74) is 1.55. The average molecular weight is 211 g/mol. The van der Waals surface area contributed by atoms with Crippen molar-refractivity contribution in [2.24, 2.45) is 0 Å². The van der Waals surface area contributed by atoms with E-state index in [1.165, 1.54) is 0 Å². The van der Waals surface area contributed by atoms with Gasteiger partial charge in [-0.2, -0.15) is 4.98 Å². The fourth-order valence-corrected chi connectivity index (χ4v) is 1.37. The molecule has 14 heavy (non-hydrogen) atoms. The monoisotopic (exact) mass is 210 g/mol. The SMILES string of the molecule is CCCNc1nc2cc(Cl)ccc2o1. The van der Waals surface area contributed by atoms with E-state index in [2.05, 4.69) is 17.2 Å². The minimum Gasteiger partial charge on any atom is -0.424 e. The van der Waals surface area contributed by atoms with E-state index in [1.807, 2.05) is 6.07 Å². The number of nitrogens with zero attached hydrogens (tertiary/aromatic N) is 1. The van der Waals surface area contributed by atoms with Crippen LogP contribution in [0.2, 0.25) is 5.02 Å². The molecule has 0 amide bonds. The smallest absolute Gasteiger partial charge is 0.295 e. The Balaban J connectivity index is 2.32. The lowest BCUT2D eigenvalue weighted by molar-refractivity contribution is 0.614. The van der Waals surface area contributed by atoms with Gasteiger partial charge >= 0.3 is 0 Å². The molecular formula is C10H11ClN2O. The van der Waals surface area contributed by atoms with Gasteiger partial charge < -0.3 is 9.73 Å². The van der Waals surface area contributed by atoms with Crippen LogP contribution in [0.3, 0.4) is 0 Å².